The van der Waals surface area contributed by atoms with Crippen LogP contribution >= 0.6 is 0 Å². The van der Waals surface area contributed by atoms with Crippen LogP contribution in [0.2, 0.25) is 0 Å². The summed E-state index contributed by atoms with van der Waals surface area (Å²) in [6.45, 7) is 2.90. The van der Waals surface area contributed by atoms with Gasteiger partial charge in [0.2, 0.25) is 0 Å². The summed E-state index contributed by atoms with van der Waals surface area (Å²) in [7, 11) is 0. The van der Waals surface area contributed by atoms with Gasteiger partial charge in [0.15, 0.2) is 5.76 Å². The second kappa shape index (κ2) is 7.63. The maximum atomic E-state index is 13.1. The number of furan rings is 1. The van der Waals surface area contributed by atoms with E-state index in [0.29, 0.717) is 24.5 Å². The Hall–Kier alpha value is -3.12. The van der Waals surface area contributed by atoms with Crippen LogP contribution in [-0.4, -0.2) is 32.2 Å². The molecule has 1 fully saturated rings. The van der Waals surface area contributed by atoms with Gasteiger partial charge in [-0.3, -0.25) is 4.79 Å². The van der Waals surface area contributed by atoms with Gasteiger partial charge in [-0.15, -0.1) is 0 Å². The Morgan fingerprint density at radius 3 is 2.48 bits per heavy atom. The SMILES string of the molecule is O=C(Nc1ccccc1N1CCOCC1)c1ccc(-c2ccc(F)cc2)o1. The molecule has 3 aromatic rings. The maximum absolute atomic E-state index is 13.1. The molecule has 1 aromatic heterocycles. The van der Waals surface area contributed by atoms with Crippen molar-refractivity contribution in [2.24, 2.45) is 0 Å². The fourth-order valence-electron chi connectivity index (χ4n) is 3.07. The van der Waals surface area contributed by atoms with Crippen LogP contribution in [-0.2, 0) is 4.74 Å². The summed E-state index contributed by atoms with van der Waals surface area (Å²) < 4.78 is 24.1. The van der Waals surface area contributed by atoms with Gasteiger partial charge in [-0.25, -0.2) is 4.39 Å². The predicted molar refractivity (Wildman–Crippen MR) is 102 cm³/mol. The van der Waals surface area contributed by atoms with Crippen molar-refractivity contribution in [1.29, 1.82) is 0 Å². The molecule has 0 atom stereocenters. The highest BCUT2D eigenvalue weighted by Crippen LogP contribution is 2.28. The summed E-state index contributed by atoms with van der Waals surface area (Å²) in [4.78, 5) is 14.8. The molecule has 2 heterocycles. The molecule has 1 saturated heterocycles. The van der Waals surface area contributed by atoms with Gasteiger partial charge in [-0.05, 0) is 48.5 Å². The molecule has 0 aliphatic carbocycles. The maximum Gasteiger partial charge on any atom is 0.291 e. The van der Waals surface area contributed by atoms with E-state index < -0.39 is 0 Å². The number of hydrogen-bond acceptors (Lipinski definition) is 4. The molecule has 27 heavy (non-hydrogen) atoms. The van der Waals surface area contributed by atoms with Crippen LogP contribution in [0.15, 0.2) is 65.1 Å². The van der Waals surface area contributed by atoms with Crippen molar-refractivity contribution in [2.45, 2.75) is 0 Å². The topological polar surface area (TPSA) is 54.7 Å². The van der Waals surface area contributed by atoms with E-state index in [1.54, 1.807) is 24.3 Å². The lowest BCUT2D eigenvalue weighted by atomic mass is 10.2. The Kier molecular flexibility index (Phi) is 4.89. The molecule has 0 saturated carbocycles. The standard InChI is InChI=1S/C21H19FN2O3/c22-16-7-5-15(6-8-16)19-9-10-20(27-19)21(25)23-17-3-1-2-4-18(17)24-11-13-26-14-12-24/h1-10H,11-14H2,(H,23,25). The number of ether oxygens (including phenoxy) is 1. The van der Waals surface area contributed by atoms with Gasteiger partial charge < -0.3 is 19.4 Å². The van der Waals surface area contributed by atoms with Gasteiger partial charge in [0, 0.05) is 18.7 Å². The molecule has 138 valence electrons. The number of carbonyl (C=O) groups excluding carboxylic acids is 1. The van der Waals surface area contributed by atoms with E-state index >= 15 is 0 Å². The Balaban J connectivity index is 1.52. The minimum Gasteiger partial charge on any atom is -0.451 e. The molecule has 0 spiro atoms. The largest absolute Gasteiger partial charge is 0.451 e. The lowest BCUT2D eigenvalue weighted by molar-refractivity contribution is 0.0997. The number of para-hydroxylation sites is 2. The first-order valence-corrected chi connectivity index (χ1v) is 8.79. The fraction of sp³-hybridized carbons (Fsp3) is 0.190. The molecule has 1 aliphatic rings. The van der Waals surface area contributed by atoms with Crippen molar-refractivity contribution in [3.05, 3.63) is 72.2 Å². The first kappa shape index (κ1) is 17.3. The van der Waals surface area contributed by atoms with Gasteiger partial charge in [-0.2, -0.15) is 0 Å². The number of anilines is 2. The number of benzene rings is 2. The fourth-order valence-corrected chi connectivity index (χ4v) is 3.07. The van der Waals surface area contributed by atoms with Gasteiger partial charge in [-0.1, -0.05) is 12.1 Å². The van der Waals surface area contributed by atoms with Crippen molar-refractivity contribution in [1.82, 2.24) is 0 Å². The molecule has 5 nitrogen and oxygen atoms in total. The second-order valence-electron chi connectivity index (χ2n) is 6.24. The summed E-state index contributed by atoms with van der Waals surface area (Å²) in [5, 5.41) is 2.92. The molecular formula is C21H19FN2O3. The van der Waals surface area contributed by atoms with E-state index in [0.717, 1.165) is 24.5 Å². The highest BCUT2D eigenvalue weighted by Gasteiger charge is 2.18. The molecule has 4 rings (SSSR count). The number of halogens is 1. The molecule has 2 aromatic carbocycles. The van der Waals surface area contributed by atoms with Crippen LogP contribution in [0.4, 0.5) is 15.8 Å². The highest BCUT2D eigenvalue weighted by atomic mass is 19.1. The smallest absolute Gasteiger partial charge is 0.291 e. The molecular weight excluding hydrogens is 347 g/mol. The van der Waals surface area contributed by atoms with Crippen LogP contribution in [0.5, 0.6) is 0 Å². The molecule has 0 bridgehead atoms. The summed E-state index contributed by atoms with van der Waals surface area (Å²) in [6, 6.07) is 16.9. The number of nitrogens with zero attached hydrogens (tertiary/aromatic N) is 1. The Morgan fingerprint density at radius 1 is 0.963 bits per heavy atom. The van der Waals surface area contributed by atoms with Gasteiger partial charge >= 0.3 is 0 Å². The quantitative estimate of drug-likeness (QED) is 0.753. The third kappa shape index (κ3) is 3.85. The Bertz CT molecular complexity index is 931. The van der Waals surface area contributed by atoms with E-state index in [4.69, 9.17) is 9.15 Å². The van der Waals surface area contributed by atoms with Crippen molar-refractivity contribution in [2.75, 3.05) is 36.5 Å². The molecule has 1 N–H and O–H groups in total. The normalized spacial score (nSPS) is 14.2. The van der Waals surface area contributed by atoms with Crippen molar-refractivity contribution < 1.29 is 18.3 Å². The summed E-state index contributed by atoms with van der Waals surface area (Å²) in [6.07, 6.45) is 0. The summed E-state index contributed by atoms with van der Waals surface area (Å²) in [5.41, 5.74) is 2.40. The number of morpholine rings is 1. The van der Waals surface area contributed by atoms with Gasteiger partial charge in [0.25, 0.3) is 5.91 Å². The Morgan fingerprint density at radius 2 is 1.70 bits per heavy atom. The third-order valence-corrected chi connectivity index (χ3v) is 4.46. The van der Waals surface area contributed by atoms with Crippen LogP contribution < -0.4 is 10.2 Å². The van der Waals surface area contributed by atoms with E-state index in [2.05, 4.69) is 10.2 Å². The van der Waals surface area contributed by atoms with Gasteiger partial charge in [0.1, 0.15) is 11.6 Å². The summed E-state index contributed by atoms with van der Waals surface area (Å²) >= 11 is 0. The molecule has 1 aliphatic heterocycles. The minimum absolute atomic E-state index is 0.200. The average Bonchev–Trinajstić information content (AvgIpc) is 3.20. The van der Waals surface area contributed by atoms with Crippen molar-refractivity contribution in [3.8, 4) is 11.3 Å². The zero-order valence-corrected chi connectivity index (χ0v) is 14.7. The van der Waals surface area contributed by atoms with E-state index in [1.807, 2.05) is 24.3 Å². The first-order chi connectivity index (χ1) is 13.2. The minimum atomic E-state index is -0.330. The average molecular weight is 366 g/mol. The Labute approximate surface area is 156 Å². The number of nitrogens with one attached hydrogen (secondary N) is 1. The number of hydrogen-bond donors (Lipinski definition) is 1. The first-order valence-electron chi connectivity index (χ1n) is 8.79. The zero-order chi connectivity index (χ0) is 18.6. The molecule has 6 heteroatoms. The molecule has 0 unspecified atom stereocenters. The van der Waals surface area contributed by atoms with Crippen LogP contribution in [0.1, 0.15) is 10.6 Å². The predicted octanol–water partition coefficient (Wildman–Crippen LogP) is 4.17. The number of carbonyl (C=O) groups is 1. The van der Waals surface area contributed by atoms with Crippen LogP contribution in [0, 0.1) is 5.82 Å². The summed E-state index contributed by atoms with van der Waals surface area (Å²) in [5.74, 6) is 0.0692. The molecule has 0 radical (unpaired) electrons. The monoisotopic (exact) mass is 366 g/mol. The van der Waals surface area contributed by atoms with E-state index in [-0.39, 0.29) is 17.5 Å². The number of amides is 1. The van der Waals surface area contributed by atoms with E-state index in [9.17, 15) is 9.18 Å². The highest BCUT2D eigenvalue weighted by molar-refractivity contribution is 6.04. The van der Waals surface area contributed by atoms with E-state index in [1.165, 1.54) is 12.1 Å². The van der Waals surface area contributed by atoms with Crippen molar-refractivity contribution in [3.63, 3.8) is 0 Å². The number of rotatable bonds is 4. The molecule has 1 amide bonds. The van der Waals surface area contributed by atoms with Crippen LogP contribution in [0.25, 0.3) is 11.3 Å². The lowest BCUT2D eigenvalue weighted by Crippen LogP contribution is -2.36. The zero-order valence-electron chi connectivity index (χ0n) is 14.7. The van der Waals surface area contributed by atoms with Crippen LogP contribution in [0.3, 0.4) is 0 Å². The second-order valence-corrected chi connectivity index (χ2v) is 6.24. The van der Waals surface area contributed by atoms with Crippen molar-refractivity contribution >= 4 is 17.3 Å². The third-order valence-electron chi connectivity index (χ3n) is 4.46. The van der Waals surface area contributed by atoms with Gasteiger partial charge in [0.05, 0.1) is 24.6 Å². The lowest BCUT2D eigenvalue weighted by Gasteiger charge is -2.30.